The Morgan fingerprint density at radius 2 is 2.09 bits per heavy atom. The third-order valence-electron chi connectivity index (χ3n) is 3.56. The Kier molecular flexibility index (Phi) is 4.71. The lowest BCUT2D eigenvalue weighted by Gasteiger charge is -2.08. The molecular formula is C17H15BrFN3O. The maximum Gasteiger partial charge on any atom is 0.254 e. The number of halogens is 2. The number of aryl methyl sites for hydroxylation is 1. The fourth-order valence-corrected chi connectivity index (χ4v) is 2.77. The summed E-state index contributed by atoms with van der Waals surface area (Å²) in [5, 5.41) is 2.74. The first-order chi connectivity index (χ1) is 11.1. The molecule has 23 heavy (non-hydrogen) atoms. The van der Waals surface area contributed by atoms with Crippen LogP contribution in [0.3, 0.4) is 0 Å². The SMILES string of the molecule is O=C(NCCCn1cnc2ccccc21)c1cc(Br)ccc1F. The number of aromatic nitrogens is 2. The van der Waals surface area contributed by atoms with E-state index in [1.54, 1.807) is 12.4 Å². The molecule has 0 aliphatic rings. The number of para-hydroxylation sites is 2. The molecule has 0 unspecified atom stereocenters. The highest BCUT2D eigenvalue weighted by Crippen LogP contribution is 2.15. The van der Waals surface area contributed by atoms with Crippen LogP contribution in [0.1, 0.15) is 16.8 Å². The second-order valence-electron chi connectivity index (χ2n) is 5.16. The second-order valence-corrected chi connectivity index (χ2v) is 6.08. The van der Waals surface area contributed by atoms with Crippen LogP contribution in [0.25, 0.3) is 11.0 Å². The summed E-state index contributed by atoms with van der Waals surface area (Å²) in [7, 11) is 0. The molecule has 6 heteroatoms. The molecule has 1 heterocycles. The van der Waals surface area contributed by atoms with Gasteiger partial charge in [-0.2, -0.15) is 0 Å². The lowest BCUT2D eigenvalue weighted by molar-refractivity contribution is 0.0948. The first kappa shape index (κ1) is 15.7. The maximum atomic E-state index is 13.6. The molecule has 0 aliphatic carbocycles. The van der Waals surface area contributed by atoms with E-state index in [2.05, 4.69) is 26.2 Å². The van der Waals surface area contributed by atoms with Gasteiger partial charge in [-0.15, -0.1) is 0 Å². The molecule has 0 aliphatic heterocycles. The Hall–Kier alpha value is -2.21. The van der Waals surface area contributed by atoms with Crippen molar-refractivity contribution < 1.29 is 9.18 Å². The number of imidazole rings is 1. The van der Waals surface area contributed by atoms with Crippen molar-refractivity contribution in [1.82, 2.24) is 14.9 Å². The van der Waals surface area contributed by atoms with E-state index in [9.17, 15) is 9.18 Å². The summed E-state index contributed by atoms with van der Waals surface area (Å²) in [6, 6.07) is 12.2. The minimum Gasteiger partial charge on any atom is -0.352 e. The largest absolute Gasteiger partial charge is 0.352 e. The van der Waals surface area contributed by atoms with Crippen molar-refractivity contribution >= 4 is 32.9 Å². The first-order valence-electron chi connectivity index (χ1n) is 7.28. The molecule has 1 N–H and O–H groups in total. The van der Waals surface area contributed by atoms with Gasteiger partial charge in [-0.1, -0.05) is 28.1 Å². The fraction of sp³-hybridized carbons (Fsp3) is 0.176. The molecule has 0 atom stereocenters. The summed E-state index contributed by atoms with van der Waals surface area (Å²) in [6.07, 6.45) is 2.53. The van der Waals surface area contributed by atoms with E-state index < -0.39 is 11.7 Å². The monoisotopic (exact) mass is 375 g/mol. The van der Waals surface area contributed by atoms with Gasteiger partial charge in [0.05, 0.1) is 22.9 Å². The minimum atomic E-state index is -0.522. The predicted octanol–water partition coefficient (Wildman–Crippen LogP) is 3.76. The Balaban J connectivity index is 1.55. The molecule has 2 aromatic carbocycles. The van der Waals surface area contributed by atoms with Crippen molar-refractivity contribution in [2.75, 3.05) is 6.54 Å². The Labute approximate surface area is 141 Å². The van der Waals surface area contributed by atoms with Crippen molar-refractivity contribution in [3.63, 3.8) is 0 Å². The molecule has 1 aromatic heterocycles. The summed E-state index contributed by atoms with van der Waals surface area (Å²) in [4.78, 5) is 16.3. The molecule has 0 saturated carbocycles. The summed E-state index contributed by atoms with van der Waals surface area (Å²) < 4.78 is 16.4. The van der Waals surface area contributed by atoms with Crippen molar-refractivity contribution in [2.24, 2.45) is 0 Å². The van der Waals surface area contributed by atoms with E-state index in [0.29, 0.717) is 11.0 Å². The van der Waals surface area contributed by atoms with Crippen LogP contribution in [-0.4, -0.2) is 22.0 Å². The minimum absolute atomic E-state index is 0.0486. The number of carbonyl (C=O) groups excluding carboxylic acids is 1. The van der Waals surface area contributed by atoms with Gasteiger partial charge in [0.2, 0.25) is 0 Å². The van der Waals surface area contributed by atoms with Crippen LogP contribution in [0.5, 0.6) is 0 Å². The maximum absolute atomic E-state index is 13.6. The van der Waals surface area contributed by atoms with Crippen LogP contribution in [0.15, 0.2) is 53.3 Å². The zero-order valence-electron chi connectivity index (χ0n) is 12.3. The fourth-order valence-electron chi connectivity index (χ4n) is 2.41. The highest BCUT2D eigenvalue weighted by molar-refractivity contribution is 9.10. The molecule has 1 amide bonds. The average molecular weight is 376 g/mol. The zero-order valence-corrected chi connectivity index (χ0v) is 13.9. The highest BCUT2D eigenvalue weighted by Gasteiger charge is 2.11. The van der Waals surface area contributed by atoms with E-state index in [1.165, 1.54) is 12.1 Å². The third kappa shape index (κ3) is 3.59. The van der Waals surface area contributed by atoms with Crippen molar-refractivity contribution in [3.8, 4) is 0 Å². The van der Waals surface area contributed by atoms with Gasteiger partial charge in [0.25, 0.3) is 5.91 Å². The van der Waals surface area contributed by atoms with Gasteiger partial charge < -0.3 is 9.88 Å². The lowest BCUT2D eigenvalue weighted by Crippen LogP contribution is -2.26. The zero-order chi connectivity index (χ0) is 16.2. The van der Waals surface area contributed by atoms with Gasteiger partial charge in [-0.25, -0.2) is 9.37 Å². The van der Waals surface area contributed by atoms with Crippen LogP contribution in [0.4, 0.5) is 4.39 Å². The number of benzene rings is 2. The normalized spacial score (nSPS) is 10.9. The van der Waals surface area contributed by atoms with Gasteiger partial charge in [0, 0.05) is 17.6 Å². The Bertz CT molecular complexity index is 847. The van der Waals surface area contributed by atoms with Gasteiger partial charge in [0.15, 0.2) is 0 Å². The van der Waals surface area contributed by atoms with Gasteiger partial charge in [0.1, 0.15) is 5.82 Å². The summed E-state index contributed by atoms with van der Waals surface area (Å²) in [5.41, 5.74) is 2.07. The van der Waals surface area contributed by atoms with E-state index in [-0.39, 0.29) is 5.56 Å². The predicted molar refractivity (Wildman–Crippen MR) is 90.8 cm³/mol. The molecule has 118 valence electrons. The lowest BCUT2D eigenvalue weighted by atomic mass is 10.2. The smallest absolute Gasteiger partial charge is 0.254 e. The van der Waals surface area contributed by atoms with Gasteiger partial charge in [-0.05, 0) is 36.8 Å². The molecule has 0 spiro atoms. The molecule has 0 bridgehead atoms. The molecular weight excluding hydrogens is 361 g/mol. The van der Waals surface area contributed by atoms with Crippen molar-refractivity contribution in [3.05, 3.63) is 64.6 Å². The summed E-state index contributed by atoms with van der Waals surface area (Å²) in [6.45, 7) is 1.21. The Morgan fingerprint density at radius 3 is 2.96 bits per heavy atom. The van der Waals surface area contributed by atoms with Crippen LogP contribution < -0.4 is 5.32 Å². The number of amides is 1. The molecule has 3 aromatic rings. The quantitative estimate of drug-likeness (QED) is 0.690. The van der Waals surface area contributed by atoms with Crippen molar-refractivity contribution in [1.29, 1.82) is 0 Å². The Morgan fingerprint density at radius 1 is 1.26 bits per heavy atom. The first-order valence-corrected chi connectivity index (χ1v) is 8.07. The van der Waals surface area contributed by atoms with E-state index >= 15 is 0 Å². The third-order valence-corrected chi connectivity index (χ3v) is 4.06. The molecule has 0 fully saturated rings. The number of hydrogen-bond acceptors (Lipinski definition) is 2. The van der Waals surface area contributed by atoms with E-state index in [1.807, 2.05) is 28.8 Å². The number of hydrogen-bond donors (Lipinski definition) is 1. The van der Waals surface area contributed by atoms with E-state index in [4.69, 9.17) is 0 Å². The number of nitrogens with one attached hydrogen (secondary N) is 1. The van der Waals surface area contributed by atoms with E-state index in [0.717, 1.165) is 24.0 Å². The molecule has 4 nitrogen and oxygen atoms in total. The van der Waals surface area contributed by atoms with Crippen LogP contribution in [0, 0.1) is 5.82 Å². The second kappa shape index (κ2) is 6.91. The topological polar surface area (TPSA) is 46.9 Å². The van der Waals surface area contributed by atoms with Crippen molar-refractivity contribution in [2.45, 2.75) is 13.0 Å². The van der Waals surface area contributed by atoms with Crippen LogP contribution in [-0.2, 0) is 6.54 Å². The summed E-state index contributed by atoms with van der Waals surface area (Å²) in [5.74, 6) is -0.925. The van der Waals surface area contributed by atoms with Gasteiger partial charge in [-0.3, -0.25) is 4.79 Å². The van der Waals surface area contributed by atoms with Crippen LogP contribution >= 0.6 is 15.9 Å². The number of fused-ring (bicyclic) bond motifs is 1. The molecule has 3 rings (SSSR count). The summed E-state index contributed by atoms with van der Waals surface area (Å²) >= 11 is 3.24. The number of rotatable bonds is 5. The number of carbonyl (C=O) groups is 1. The average Bonchev–Trinajstić information content (AvgIpc) is 2.97. The molecule has 0 saturated heterocycles. The van der Waals surface area contributed by atoms with Gasteiger partial charge >= 0.3 is 0 Å². The molecule has 0 radical (unpaired) electrons. The van der Waals surface area contributed by atoms with Crippen LogP contribution in [0.2, 0.25) is 0 Å². The standard InChI is InChI=1S/C17H15BrFN3O/c18-12-6-7-14(19)13(10-12)17(23)20-8-3-9-22-11-21-15-4-1-2-5-16(15)22/h1-2,4-7,10-11H,3,8-9H2,(H,20,23). The number of nitrogens with zero attached hydrogens (tertiary/aromatic N) is 2. The highest BCUT2D eigenvalue weighted by atomic mass is 79.9.